The first-order valence-electron chi connectivity index (χ1n) is 4.35. The Bertz CT molecular complexity index is 366. The van der Waals surface area contributed by atoms with Crippen molar-refractivity contribution in [1.29, 1.82) is 0 Å². The lowest BCUT2D eigenvalue weighted by atomic mass is 9.84. The van der Waals surface area contributed by atoms with E-state index in [2.05, 4.69) is 23.8 Å². The first-order chi connectivity index (χ1) is 6.09. The summed E-state index contributed by atoms with van der Waals surface area (Å²) < 4.78 is 0. The SMILES string of the molecule is CC1(C)CN=Cc2cc(N)cnc21. The van der Waals surface area contributed by atoms with Crippen molar-refractivity contribution >= 4 is 11.9 Å². The Morgan fingerprint density at radius 3 is 3.00 bits per heavy atom. The lowest BCUT2D eigenvalue weighted by Crippen LogP contribution is -2.27. The Balaban J connectivity index is 2.61. The fourth-order valence-corrected chi connectivity index (χ4v) is 1.61. The Labute approximate surface area is 77.7 Å². The minimum absolute atomic E-state index is 0.0395. The molecule has 0 aromatic carbocycles. The van der Waals surface area contributed by atoms with Crippen LogP contribution < -0.4 is 5.73 Å². The molecule has 0 radical (unpaired) electrons. The average molecular weight is 175 g/mol. The molecule has 1 aromatic heterocycles. The highest BCUT2D eigenvalue weighted by molar-refractivity contribution is 5.84. The minimum atomic E-state index is 0.0395. The lowest BCUT2D eigenvalue weighted by Gasteiger charge is -2.26. The molecule has 2 rings (SSSR count). The molecule has 0 aliphatic carbocycles. The maximum absolute atomic E-state index is 5.65. The number of fused-ring (bicyclic) bond motifs is 1. The van der Waals surface area contributed by atoms with E-state index in [9.17, 15) is 0 Å². The molecule has 0 saturated heterocycles. The third-order valence-electron chi connectivity index (χ3n) is 2.30. The van der Waals surface area contributed by atoms with Crippen LogP contribution in [-0.4, -0.2) is 17.7 Å². The molecule has 3 heteroatoms. The van der Waals surface area contributed by atoms with E-state index in [1.807, 2.05) is 12.3 Å². The normalized spacial score (nSPS) is 18.3. The van der Waals surface area contributed by atoms with Gasteiger partial charge in [0.25, 0.3) is 0 Å². The highest BCUT2D eigenvalue weighted by atomic mass is 14.8. The smallest absolute Gasteiger partial charge is 0.0567 e. The van der Waals surface area contributed by atoms with Gasteiger partial charge in [-0.1, -0.05) is 13.8 Å². The number of nitrogens with zero attached hydrogens (tertiary/aromatic N) is 2. The molecule has 1 aromatic rings. The number of aromatic nitrogens is 1. The average Bonchev–Trinajstić information content (AvgIpc) is 2.02. The summed E-state index contributed by atoms with van der Waals surface area (Å²) in [6.45, 7) is 5.09. The zero-order valence-corrected chi connectivity index (χ0v) is 7.91. The van der Waals surface area contributed by atoms with Crippen molar-refractivity contribution in [3.05, 3.63) is 23.5 Å². The highest BCUT2D eigenvalue weighted by Gasteiger charge is 2.26. The van der Waals surface area contributed by atoms with Crippen LogP contribution in [0.15, 0.2) is 17.3 Å². The van der Waals surface area contributed by atoms with Gasteiger partial charge in [-0.05, 0) is 6.07 Å². The van der Waals surface area contributed by atoms with E-state index in [-0.39, 0.29) is 5.41 Å². The number of rotatable bonds is 0. The van der Waals surface area contributed by atoms with Gasteiger partial charge in [-0.2, -0.15) is 0 Å². The van der Waals surface area contributed by atoms with Crippen molar-refractivity contribution in [2.24, 2.45) is 4.99 Å². The number of nitrogen functional groups attached to an aromatic ring is 1. The van der Waals surface area contributed by atoms with Crippen LogP contribution in [0.2, 0.25) is 0 Å². The molecule has 0 bridgehead atoms. The Hall–Kier alpha value is -1.38. The molecule has 0 spiro atoms. The monoisotopic (exact) mass is 175 g/mol. The van der Waals surface area contributed by atoms with Crippen molar-refractivity contribution in [3.8, 4) is 0 Å². The largest absolute Gasteiger partial charge is 0.397 e. The van der Waals surface area contributed by atoms with Crippen LogP contribution in [0.25, 0.3) is 0 Å². The number of hydrogen-bond acceptors (Lipinski definition) is 3. The summed E-state index contributed by atoms with van der Waals surface area (Å²) in [7, 11) is 0. The van der Waals surface area contributed by atoms with Gasteiger partial charge in [0.1, 0.15) is 0 Å². The molecule has 0 saturated carbocycles. The summed E-state index contributed by atoms with van der Waals surface area (Å²) in [6, 6.07) is 1.92. The Morgan fingerprint density at radius 1 is 1.46 bits per heavy atom. The minimum Gasteiger partial charge on any atom is -0.397 e. The summed E-state index contributed by atoms with van der Waals surface area (Å²) >= 11 is 0. The second-order valence-electron chi connectivity index (χ2n) is 4.06. The van der Waals surface area contributed by atoms with Gasteiger partial charge in [0.2, 0.25) is 0 Å². The van der Waals surface area contributed by atoms with Crippen molar-refractivity contribution in [2.75, 3.05) is 12.3 Å². The van der Waals surface area contributed by atoms with Gasteiger partial charge in [-0.3, -0.25) is 9.98 Å². The van der Waals surface area contributed by atoms with Gasteiger partial charge in [0, 0.05) is 23.7 Å². The molecule has 1 aliphatic heterocycles. The van der Waals surface area contributed by atoms with Gasteiger partial charge >= 0.3 is 0 Å². The molecule has 0 unspecified atom stereocenters. The van der Waals surface area contributed by atoms with E-state index in [0.717, 1.165) is 17.8 Å². The summed E-state index contributed by atoms with van der Waals surface area (Å²) in [5, 5.41) is 0. The van der Waals surface area contributed by atoms with E-state index in [4.69, 9.17) is 5.73 Å². The second kappa shape index (κ2) is 2.55. The third kappa shape index (κ3) is 1.30. The van der Waals surface area contributed by atoms with E-state index in [1.165, 1.54) is 0 Å². The van der Waals surface area contributed by atoms with Crippen LogP contribution in [0.5, 0.6) is 0 Å². The lowest BCUT2D eigenvalue weighted by molar-refractivity contribution is 0.517. The van der Waals surface area contributed by atoms with E-state index < -0.39 is 0 Å². The quantitative estimate of drug-likeness (QED) is 0.647. The second-order valence-corrected chi connectivity index (χ2v) is 4.06. The molecule has 2 heterocycles. The molecule has 1 aliphatic rings. The molecule has 68 valence electrons. The van der Waals surface area contributed by atoms with Crippen molar-refractivity contribution in [2.45, 2.75) is 19.3 Å². The third-order valence-corrected chi connectivity index (χ3v) is 2.30. The number of nitrogens with two attached hydrogens (primary N) is 1. The highest BCUT2D eigenvalue weighted by Crippen LogP contribution is 2.27. The molecule has 0 atom stereocenters. The van der Waals surface area contributed by atoms with E-state index in [0.29, 0.717) is 5.69 Å². The molecular weight excluding hydrogens is 162 g/mol. The summed E-state index contributed by atoms with van der Waals surface area (Å²) in [5.74, 6) is 0. The van der Waals surface area contributed by atoms with Crippen LogP contribution in [0, 0.1) is 0 Å². The molecular formula is C10H13N3. The molecule has 3 nitrogen and oxygen atoms in total. The van der Waals surface area contributed by atoms with Gasteiger partial charge < -0.3 is 5.73 Å². The zero-order valence-electron chi connectivity index (χ0n) is 7.91. The van der Waals surface area contributed by atoms with Gasteiger partial charge in [-0.15, -0.1) is 0 Å². The standard InChI is InChI=1S/C10H13N3/c1-10(2)6-12-4-7-3-8(11)5-13-9(7)10/h3-5H,6,11H2,1-2H3. The Kier molecular flexibility index (Phi) is 1.62. The van der Waals surface area contributed by atoms with Crippen molar-refractivity contribution < 1.29 is 0 Å². The molecule has 2 N–H and O–H groups in total. The predicted molar refractivity (Wildman–Crippen MR) is 54.1 cm³/mol. The Morgan fingerprint density at radius 2 is 2.23 bits per heavy atom. The van der Waals surface area contributed by atoms with Gasteiger partial charge in [0.05, 0.1) is 17.6 Å². The maximum atomic E-state index is 5.65. The van der Waals surface area contributed by atoms with Gasteiger partial charge in [0.15, 0.2) is 0 Å². The topological polar surface area (TPSA) is 51.3 Å². The van der Waals surface area contributed by atoms with Crippen LogP contribution >= 0.6 is 0 Å². The van der Waals surface area contributed by atoms with Gasteiger partial charge in [-0.25, -0.2) is 0 Å². The maximum Gasteiger partial charge on any atom is 0.0567 e. The number of aliphatic imine (C=N–C) groups is 1. The molecule has 0 amide bonds. The van der Waals surface area contributed by atoms with E-state index >= 15 is 0 Å². The first kappa shape index (κ1) is 8.23. The summed E-state index contributed by atoms with van der Waals surface area (Å²) in [4.78, 5) is 8.65. The summed E-state index contributed by atoms with van der Waals surface area (Å²) in [5.41, 5.74) is 8.53. The van der Waals surface area contributed by atoms with E-state index in [1.54, 1.807) is 6.20 Å². The van der Waals surface area contributed by atoms with Crippen LogP contribution in [0.3, 0.4) is 0 Å². The zero-order chi connectivity index (χ0) is 9.47. The molecule has 13 heavy (non-hydrogen) atoms. The van der Waals surface area contributed by atoms with Crippen LogP contribution in [0.1, 0.15) is 25.1 Å². The number of pyridine rings is 1. The fraction of sp³-hybridized carbons (Fsp3) is 0.400. The first-order valence-corrected chi connectivity index (χ1v) is 4.35. The molecule has 0 fully saturated rings. The van der Waals surface area contributed by atoms with Crippen molar-refractivity contribution in [3.63, 3.8) is 0 Å². The predicted octanol–water partition coefficient (Wildman–Crippen LogP) is 1.37. The number of hydrogen-bond donors (Lipinski definition) is 1. The summed E-state index contributed by atoms with van der Waals surface area (Å²) in [6.07, 6.45) is 3.56. The fourth-order valence-electron chi connectivity index (χ4n) is 1.61. The van der Waals surface area contributed by atoms with Crippen molar-refractivity contribution in [1.82, 2.24) is 4.98 Å². The van der Waals surface area contributed by atoms with Crippen LogP contribution in [0.4, 0.5) is 5.69 Å². The number of anilines is 1. The van der Waals surface area contributed by atoms with Crippen LogP contribution in [-0.2, 0) is 5.41 Å².